The first-order valence-corrected chi connectivity index (χ1v) is 9.44. The zero-order valence-corrected chi connectivity index (χ0v) is 16.6. The highest BCUT2D eigenvalue weighted by Crippen LogP contribution is 2.28. The van der Waals surface area contributed by atoms with E-state index in [0.29, 0.717) is 16.9 Å². The molecule has 0 saturated carbocycles. The molecular formula is C15H17IN2O5S. The van der Waals surface area contributed by atoms with Gasteiger partial charge in [0, 0.05) is 29.6 Å². The van der Waals surface area contributed by atoms with Crippen LogP contribution in [0.2, 0.25) is 0 Å². The van der Waals surface area contributed by atoms with Crippen LogP contribution in [0.1, 0.15) is 27.5 Å². The fourth-order valence-electron chi connectivity index (χ4n) is 2.34. The molecule has 0 fully saturated rings. The van der Waals surface area contributed by atoms with Crippen molar-refractivity contribution < 1.29 is 22.4 Å². The number of carbonyl (C=O) groups is 1. The number of halogens is 1. The lowest BCUT2D eigenvalue weighted by atomic mass is 10.1. The van der Waals surface area contributed by atoms with Crippen molar-refractivity contribution in [3.05, 3.63) is 41.1 Å². The summed E-state index contributed by atoms with van der Waals surface area (Å²) >= 11 is 1.59. The van der Waals surface area contributed by atoms with Crippen molar-refractivity contribution in [3.8, 4) is 5.75 Å². The van der Waals surface area contributed by atoms with Gasteiger partial charge in [-0.05, 0) is 37.1 Å². The van der Waals surface area contributed by atoms with E-state index < -0.39 is 10.0 Å². The first-order chi connectivity index (χ1) is 11.2. The number of nitrogens with zero attached hydrogens (tertiary/aromatic N) is 2. The Kier molecular flexibility index (Phi) is 5.66. The van der Waals surface area contributed by atoms with E-state index in [1.54, 1.807) is 48.6 Å². The van der Waals surface area contributed by atoms with Crippen LogP contribution in [0, 0.1) is 13.8 Å². The zero-order valence-electron chi connectivity index (χ0n) is 13.7. The van der Waals surface area contributed by atoms with Crippen LogP contribution in [-0.4, -0.2) is 35.7 Å². The molecule has 1 aromatic heterocycles. The second-order valence-electron chi connectivity index (χ2n) is 5.25. The molecule has 1 heterocycles. The Balaban J connectivity index is 2.34. The summed E-state index contributed by atoms with van der Waals surface area (Å²) in [5.41, 5.74) is 1.34. The fraction of sp³-hybridized carbons (Fsp3) is 0.333. The predicted octanol–water partition coefficient (Wildman–Crippen LogP) is 2.70. The number of ether oxygens (including phenoxy) is 1. The summed E-state index contributed by atoms with van der Waals surface area (Å²) in [6.45, 7) is 3.36. The number of aromatic nitrogens is 1. The number of methoxy groups -OCH3 is 1. The van der Waals surface area contributed by atoms with E-state index in [1.807, 2.05) is 0 Å². The maximum atomic E-state index is 12.9. The van der Waals surface area contributed by atoms with Crippen molar-refractivity contribution >= 4 is 36.4 Å². The molecule has 0 amide bonds. The summed E-state index contributed by atoms with van der Waals surface area (Å²) < 4.78 is 36.9. The molecule has 0 radical (unpaired) electrons. The summed E-state index contributed by atoms with van der Waals surface area (Å²) in [7, 11) is -0.774. The van der Waals surface area contributed by atoms with Crippen molar-refractivity contribution in [1.29, 1.82) is 0 Å². The molecule has 0 bridgehead atoms. The Morgan fingerprint density at radius 2 is 1.92 bits per heavy atom. The van der Waals surface area contributed by atoms with Gasteiger partial charge in [0.05, 0.1) is 18.6 Å². The van der Waals surface area contributed by atoms with Crippen molar-refractivity contribution in [1.82, 2.24) is 9.29 Å². The van der Waals surface area contributed by atoms with Crippen molar-refractivity contribution in [3.63, 3.8) is 0 Å². The molecule has 0 saturated heterocycles. The average Bonchev–Trinajstić information content (AvgIpc) is 2.94. The van der Waals surface area contributed by atoms with Crippen LogP contribution in [0.15, 0.2) is 27.7 Å². The van der Waals surface area contributed by atoms with Crippen LogP contribution in [0.5, 0.6) is 5.75 Å². The summed E-state index contributed by atoms with van der Waals surface area (Å²) in [6, 6.07) is 3.34. The molecule has 0 aliphatic rings. The van der Waals surface area contributed by atoms with E-state index in [0.717, 1.165) is 4.31 Å². The van der Waals surface area contributed by atoms with E-state index in [-0.39, 0.29) is 26.8 Å². The topological polar surface area (TPSA) is 89.7 Å². The van der Waals surface area contributed by atoms with Gasteiger partial charge in [-0.25, -0.2) is 13.4 Å². The highest BCUT2D eigenvalue weighted by atomic mass is 127. The van der Waals surface area contributed by atoms with Gasteiger partial charge >= 0.3 is 0 Å². The second-order valence-corrected chi connectivity index (χ2v) is 8.21. The third-order valence-corrected chi connectivity index (χ3v) is 6.11. The number of oxazole rings is 1. The Morgan fingerprint density at radius 1 is 1.33 bits per heavy atom. The molecular weight excluding hydrogens is 447 g/mol. The summed E-state index contributed by atoms with van der Waals surface area (Å²) in [6.07, 6.45) is 1.22. The van der Waals surface area contributed by atoms with E-state index in [9.17, 15) is 13.2 Å². The maximum absolute atomic E-state index is 12.9. The molecule has 0 aliphatic heterocycles. The van der Waals surface area contributed by atoms with Crippen LogP contribution >= 0.6 is 22.6 Å². The molecule has 9 heteroatoms. The first kappa shape index (κ1) is 18.9. The van der Waals surface area contributed by atoms with Gasteiger partial charge in [-0.15, -0.1) is 0 Å². The van der Waals surface area contributed by atoms with Crippen LogP contribution < -0.4 is 4.74 Å². The largest absolute Gasteiger partial charge is 0.497 e. The van der Waals surface area contributed by atoms with E-state index in [2.05, 4.69) is 4.98 Å². The lowest BCUT2D eigenvalue weighted by Gasteiger charge is -2.19. The molecule has 0 atom stereocenters. The quantitative estimate of drug-likeness (QED) is 0.483. The Morgan fingerprint density at radius 3 is 2.38 bits per heavy atom. The normalized spacial score (nSPS) is 11.8. The number of aryl methyl sites for hydroxylation is 2. The molecule has 0 N–H and O–H groups in total. The maximum Gasteiger partial charge on any atom is 0.243 e. The zero-order chi connectivity index (χ0) is 18.1. The standard InChI is InChI=1S/C15H17IN2O5S/c1-9-5-11(22-4)6-10(2)14(9)24(20,21)18(3)7-13-17-12(8-23-13)15(16)19/h5-6,8H,7H2,1-4H3. The SMILES string of the molecule is COc1cc(C)c(S(=O)(=O)N(C)Cc2nc(C(=O)I)co2)c(C)c1. The number of benzene rings is 1. The molecule has 2 aromatic rings. The van der Waals surface area contributed by atoms with Gasteiger partial charge in [-0.3, -0.25) is 4.79 Å². The van der Waals surface area contributed by atoms with E-state index in [1.165, 1.54) is 20.4 Å². The molecule has 2 rings (SSSR count). The minimum absolute atomic E-state index is 0.0723. The molecule has 24 heavy (non-hydrogen) atoms. The number of hydrogen-bond donors (Lipinski definition) is 0. The summed E-state index contributed by atoms with van der Waals surface area (Å²) in [4.78, 5) is 15.4. The third-order valence-electron chi connectivity index (χ3n) is 3.45. The van der Waals surface area contributed by atoms with E-state index >= 15 is 0 Å². The first-order valence-electron chi connectivity index (χ1n) is 6.92. The summed E-state index contributed by atoms with van der Waals surface area (Å²) in [5.74, 6) is 0.759. The molecule has 7 nitrogen and oxygen atoms in total. The molecule has 0 spiro atoms. The lowest BCUT2D eigenvalue weighted by molar-refractivity contribution is 0.110. The third kappa shape index (κ3) is 3.78. The minimum atomic E-state index is -3.74. The van der Waals surface area contributed by atoms with Crippen LogP contribution in [-0.2, 0) is 16.6 Å². The minimum Gasteiger partial charge on any atom is -0.497 e. The van der Waals surface area contributed by atoms with E-state index in [4.69, 9.17) is 9.15 Å². The van der Waals surface area contributed by atoms with Crippen molar-refractivity contribution in [2.75, 3.05) is 14.2 Å². The molecule has 0 unspecified atom stereocenters. The molecule has 130 valence electrons. The molecule has 0 aliphatic carbocycles. The number of rotatable bonds is 6. The predicted molar refractivity (Wildman–Crippen MR) is 96.0 cm³/mol. The Bertz CT molecular complexity index is 853. The van der Waals surface area contributed by atoms with Gasteiger partial charge in [0.1, 0.15) is 12.0 Å². The van der Waals surface area contributed by atoms with Gasteiger partial charge in [0.25, 0.3) is 0 Å². The highest BCUT2D eigenvalue weighted by molar-refractivity contribution is 14.1. The average molecular weight is 464 g/mol. The Labute approximate surface area is 154 Å². The number of hydrogen-bond acceptors (Lipinski definition) is 6. The van der Waals surface area contributed by atoms with Crippen LogP contribution in [0.4, 0.5) is 0 Å². The monoisotopic (exact) mass is 464 g/mol. The lowest BCUT2D eigenvalue weighted by Crippen LogP contribution is -2.28. The van der Waals surface area contributed by atoms with Gasteiger partial charge in [-0.2, -0.15) is 4.31 Å². The van der Waals surface area contributed by atoms with Crippen LogP contribution in [0.25, 0.3) is 0 Å². The Hall–Kier alpha value is -1.46. The van der Waals surface area contributed by atoms with Gasteiger partial charge in [0.2, 0.25) is 19.7 Å². The number of sulfonamides is 1. The summed E-state index contributed by atoms with van der Waals surface area (Å²) in [5, 5.41) is 0. The highest BCUT2D eigenvalue weighted by Gasteiger charge is 2.27. The van der Waals surface area contributed by atoms with Crippen molar-refractivity contribution in [2.24, 2.45) is 0 Å². The number of carbonyl (C=O) groups excluding carboxylic acids is 1. The van der Waals surface area contributed by atoms with Crippen molar-refractivity contribution in [2.45, 2.75) is 25.3 Å². The fourth-order valence-corrected chi connectivity index (χ4v) is 4.11. The smallest absolute Gasteiger partial charge is 0.243 e. The van der Waals surface area contributed by atoms with Gasteiger partial charge in [0.15, 0.2) is 5.69 Å². The second kappa shape index (κ2) is 7.19. The van der Waals surface area contributed by atoms with Gasteiger partial charge in [-0.1, -0.05) is 0 Å². The molecule has 1 aromatic carbocycles. The van der Waals surface area contributed by atoms with Gasteiger partial charge < -0.3 is 9.15 Å². The van der Waals surface area contributed by atoms with Crippen LogP contribution in [0.3, 0.4) is 0 Å².